The van der Waals surface area contributed by atoms with Crippen LogP contribution in [0.1, 0.15) is 106 Å². The highest BCUT2D eigenvalue weighted by atomic mass is 32.1. The fraction of sp³-hybridized carbons (Fsp3) is 0.0893. The van der Waals surface area contributed by atoms with Gasteiger partial charge in [0.05, 0.1) is 22.2 Å². The topological polar surface area (TPSA) is 6.48 Å². The van der Waals surface area contributed by atoms with Gasteiger partial charge in [0.2, 0.25) is 0 Å². The van der Waals surface area contributed by atoms with E-state index in [0.29, 0.717) is 0 Å². The molecular formula is C112H80N2S2. The molecule has 5 aliphatic carbocycles. The van der Waals surface area contributed by atoms with E-state index in [1.54, 1.807) is 0 Å². The van der Waals surface area contributed by atoms with Gasteiger partial charge in [-0.1, -0.05) is 354 Å². The summed E-state index contributed by atoms with van der Waals surface area (Å²) in [5.74, 6) is 0. The summed E-state index contributed by atoms with van der Waals surface area (Å²) in [6.07, 6.45) is 5.02. The van der Waals surface area contributed by atoms with Crippen molar-refractivity contribution in [3.63, 3.8) is 0 Å². The van der Waals surface area contributed by atoms with Gasteiger partial charge < -0.3 is 9.80 Å². The Balaban J connectivity index is 0.000000137. The van der Waals surface area contributed by atoms with E-state index in [1.807, 2.05) is 22.7 Å². The Labute approximate surface area is 685 Å². The van der Waals surface area contributed by atoms with Crippen LogP contribution in [0.4, 0.5) is 34.1 Å². The van der Waals surface area contributed by atoms with E-state index in [9.17, 15) is 0 Å². The molecule has 0 N–H and O–H groups in total. The first-order chi connectivity index (χ1) is 57.3. The lowest BCUT2D eigenvalue weighted by atomic mass is 9.66. The van der Waals surface area contributed by atoms with E-state index in [-0.39, 0.29) is 10.8 Å². The number of fused-ring (bicyclic) bond motifs is 20. The smallest absolute Gasteiger partial charge is 0.0720 e. The standard InChI is InChI=1S/C58H41NS.C54H39NS/c1-57(2)47-24-12-11-23-45(47)55-50(57)27-15-29-52(55)59(41-33-31-39(32-34-41)38-17-5-3-6-18-38)42-35-36-46-54(37-42)60-53-30-16-28-51(56(46)53)58(40-19-7-4-8-20-40)48-25-13-9-21-43(48)44-22-10-14-26-49(44)58;1-3-17-36(18-4-1)54(44-25-11-7-21-39(44)40-22-8-12-26-45(40)54)47-28-16-30-49-52(47)42-32-31-38(35-50(42)56-49)55(37-19-5-2-6-20-37)48-29-15-27-46-51(48)41-23-9-10-24-43(41)53(46)33-13-14-34-53/h3-37H,1-2H3;1-12,15-32,35H,13-14,33-34H2. The van der Waals surface area contributed by atoms with Gasteiger partial charge in [0.15, 0.2) is 0 Å². The molecule has 0 atom stereocenters. The van der Waals surface area contributed by atoms with Crippen molar-refractivity contribution in [3.8, 4) is 55.6 Å². The number of hydrogen-bond acceptors (Lipinski definition) is 4. The van der Waals surface area contributed by atoms with Crippen LogP contribution < -0.4 is 9.80 Å². The van der Waals surface area contributed by atoms with Crippen molar-refractivity contribution in [2.45, 2.75) is 61.2 Å². The van der Waals surface area contributed by atoms with Gasteiger partial charge in [0, 0.05) is 85.1 Å². The second-order valence-corrected chi connectivity index (χ2v) is 34.8. The summed E-state index contributed by atoms with van der Waals surface area (Å²) in [5.41, 5.74) is 35.7. The number of nitrogens with zero attached hydrogens (tertiary/aromatic N) is 2. The third-order valence-electron chi connectivity index (χ3n) is 26.6. The third kappa shape index (κ3) is 9.94. The fourth-order valence-electron chi connectivity index (χ4n) is 21.9. The number of thiophene rings is 2. The van der Waals surface area contributed by atoms with Gasteiger partial charge in [-0.25, -0.2) is 0 Å². The summed E-state index contributed by atoms with van der Waals surface area (Å²) >= 11 is 3.82. The number of benzene rings is 17. The Hall–Kier alpha value is -13.2. The predicted octanol–water partition coefficient (Wildman–Crippen LogP) is 30.6. The van der Waals surface area contributed by atoms with E-state index in [2.05, 4.69) is 424 Å². The number of anilines is 6. The third-order valence-corrected chi connectivity index (χ3v) is 28.9. The van der Waals surface area contributed by atoms with Crippen molar-refractivity contribution >= 4 is 97.1 Å². The Morgan fingerprint density at radius 2 is 0.578 bits per heavy atom. The highest BCUT2D eigenvalue weighted by molar-refractivity contribution is 7.26. The highest BCUT2D eigenvalue weighted by Gasteiger charge is 2.50. The van der Waals surface area contributed by atoms with Crippen LogP contribution in [-0.4, -0.2) is 0 Å². The molecule has 2 heterocycles. The summed E-state index contributed by atoms with van der Waals surface area (Å²) in [5, 5.41) is 5.27. The van der Waals surface area contributed by atoms with Crippen molar-refractivity contribution < 1.29 is 0 Å². The van der Waals surface area contributed by atoms with E-state index in [4.69, 9.17) is 0 Å². The van der Waals surface area contributed by atoms with Crippen LogP contribution in [0.5, 0.6) is 0 Å². The van der Waals surface area contributed by atoms with Crippen molar-refractivity contribution in [2.75, 3.05) is 9.80 Å². The molecule has 5 aliphatic rings. The van der Waals surface area contributed by atoms with Gasteiger partial charge in [-0.3, -0.25) is 0 Å². The van der Waals surface area contributed by atoms with E-state index in [1.165, 1.54) is 211 Å². The summed E-state index contributed by atoms with van der Waals surface area (Å²) < 4.78 is 5.19. The second-order valence-electron chi connectivity index (χ2n) is 32.7. The molecule has 1 fully saturated rings. The van der Waals surface area contributed by atoms with E-state index in [0.717, 1.165) is 11.4 Å². The minimum atomic E-state index is -0.474. The molecule has 0 radical (unpaired) electrons. The molecule has 550 valence electrons. The van der Waals surface area contributed by atoms with Crippen LogP contribution >= 0.6 is 22.7 Å². The first-order valence-corrected chi connectivity index (χ1v) is 42.6. The maximum atomic E-state index is 2.52. The van der Waals surface area contributed by atoms with Crippen molar-refractivity contribution in [2.24, 2.45) is 0 Å². The zero-order valence-corrected chi connectivity index (χ0v) is 66.3. The molecule has 2 aromatic heterocycles. The number of para-hydroxylation sites is 1. The molecule has 4 heteroatoms. The Morgan fingerprint density at radius 3 is 1.05 bits per heavy atom. The molecule has 116 heavy (non-hydrogen) atoms. The minimum Gasteiger partial charge on any atom is -0.310 e. The Kier molecular flexibility index (Phi) is 15.7. The number of hydrogen-bond donors (Lipinski definition) is 0. The molecular weight excluding hydrogens is 1440 g/mol. The lowest BCUT2D eigenvalue weighted by Crippen LogP contribution is -2.28. The lowest BCUT2D eigenvalue weighted by Gasteiger charge is -2.34. The molecule has 1 saturated carbocycles. The summed E-state index contributed by atoms with van der Waals surface area (Å²) in [4.78, 5) is 5.01. The lowest BCUT2D eigenvalue weighted by molar-refractivity contribution is 0.550. The second kappa shape index (κ2) is 26.7. The van der Waals surface area contributed by atoms with Gasteiger partial charge in [0.25, 0.3) is 0 Å². The molecule has 1 spiro atoms. The van der Waals surface area contributed by atoms with Gasteiger partial charge in [-0.15, -0.1) is 22.7 Å². The average molecular weight is 1520 g/mol. The zero-order chi connectivity index (χ0) is 76.9. The summed E-state index contributed by atoms with van der Waals surface area (Å²) in [6.45, 7) is 4.73. The van der Waals surface area contributed by atoms with Crippen LogP contribution in [0.25, 0.3) is 96.0 Å². The summed E-state index contributed by atoms with van der Waals surface area (Å²) in [6, 6.07) is 150. The normalized spacial score (nSPS) is 14.8. The molecule has 0 saturated heterocycles. The molecule has 0 aliphatic heterocycles. The average Bonchev–Trinajstić information content (AvgIpc) is 1.53. The first kappa shape index (κ1) is 68.4. The molecule has 0 bridgehead atoms. The van der Waals surface area contributed by atoms with Crippen molar-refractivity contribution in [1.82, 2.24) is 0 Å². The first-order valence-electron chi connectivity index (χ1n) is 41.0. The maximum Gasteiger partial charge on any atom is 0.0720 e. The quantitative estimate of drug-likeness (QED) is 0.127. The fourth-order valence-corrected chi connectivity index (χ4v) is 24.2. The molecule has 19 aromatic rings. The van der Waals surface area contributed by atoms with E-state index < -0.39 is 10.8 Å². The Bertz CT molecular complexity index is 7030. The van der Waals surface area contributed by atoms with Crippen LogP contribution in [0.15, 0.2) is 400 Å². The molecule has 24 rings (SSSR count). The number of rotatable bonds is 11. The molecule has 0 unspecified atom stereocenters. The SMILES string of the molecule is CC1(C)c2ccccc2-c2c(N(c3ccc(-c4ccccc4)cc3)c3ccc4c(c3)sc3cccc(C5(c6ccccc6)c6ccccc6-c6ccccc65)c34)cccc21.c1ccc(N(c2ccc3c(c2)sc2cccc(C4(c5ccccc5)c5ccccc5-c5ccccc54)c23)c2cccc3c2-c2ccccc2C32CCCC2)cc1. The van der Waals surface area contributed by atoms with E-state index >= 15 is 0 Å². The minimum absolute atomic E-state index is 0.108. The molecule has 0 amide bonds. The largest absolute Gasteiger partial charge is 0.310 e. The van der Waals surface area contributed by atoms with Gasteiger partial charge >= 0.3 is 0 Å². The van der Waals surface area contributed by atoms with Gasteiger partial charge in [-0.2, -0.15) is 0 Å². The maximum absolute atomic E-state index is 2.52. The van der Waals surface area contributed by atoms with Crippen LogP contribution in [0, 0.1) is 0 Å². The molecule has 17 aromatic carbocycles. The van der Waals surface area contributed by atoms with Crippen LogP contribution in [-0.2, 0) is 21.7 Å². The predicted molar refractivity (Wildman–Crippen MR) is 490 cm³/mol. The highest BCUT2D eigenvalue weighted by Crippen LogP contribution is 2.64. The Morgan fingerprint density at radius 1 is 0.241 bits per heavy atom. The zero-order valence-electron chi connectivity index (χ0n) is 64.6. The van der Waals surface area contributed by atoms with Crippen molar-refractivity contribution in [1.29, 1.82) is 0 Å². The monoisotopic (exact) mass is 1520 g/mol. The molecule has 2 nitrogen and oxygen atoms in total. The van der Waals surface area contributed by atoms with Gasteiger partial charge in [-0.05, 0) is 197 Å². The van der Waals surface area contributed by atoms with Crippen LogP contribution in [0.3, 0.4) is 0 Å². The summed E-state index contributed by atoms with van der Waals surface area (Å²) in [7, 11) is 0. The van der Waals surface area contributed by atoms with Crippen molar-refractivity contribution in [3.05, 3.63) is 467 Å². The van der Waals surface area contributed by atoms with Gasteiger partial charge in [0.1, 0.15) is 0 Å². The van der Waals surface area contributed by atoms with Crippen LogP contribution in [0.2, 0.25) is 0 Å².